The second-order valence-electron chi connectivity index (χ2n) is 4.84. The normalized spacial score (nSPS) is 11.4. The molecule has 4 nitrogen and oxygen atoms in total. The van der Waals surface area contributed by atoms with Crippen molar-refractivity contribution in [1.29, 1.82) is 5.41 Å². The van der Waals surface area contributed by atoms with Gasteiger partial charge in [-0.15, -0.1) is 0 Å². The number of nitrogen functional groups attached to an aromatic ring is 1. The molecular weight excluding hydrogens is 301 g/mol. The number of benzene rings is 1. The average Bonchev–Trinajstić information content (AvgIpc) is 2.18. The van der Waals surface area contributed by atoms with Crippen molar-refractivity contribution in [3.05, 3.63) is 28.0 Å². The number of anilines is 1. The van der Waals surface area contributed by atoms with E-state index in [1.807, 2.05) is 0 Å². The molecule has 6 heteroatoms. The number of amidine groups is 1. The highest BCUT2D eigenvalue weighted by Gasteiger charge is 2.20. The van der Waals surface area contributed by atoms with Crippen molar-refractivity contribution in [2.45, 2.75) is 19.4 Å². The summed E-state index contributed by atoms with van der Waals surface area (Å²) in [4.78, 5) is 1.62. The van der Waals surface area contributed by atoms with Gasteiger partial charge in [0, 0.05) is 19.2 Å². The molecule has 18 heavy (non-hydrogen) atoms. The number of nitrogens with one attached hydrogen (secondary N) is 1. The molecule has 1 aromatic carbocycles. The highest BCUT2D eigenvalue weighted by atomic mass is 79.9. The Labute approximate surface area is 114 Å². The summed E-state index contributed by atoms with van der Waals surface area (Å²) in [5.41, 5.74) is 5.08. The van der Waals surface area contributed by atoms with E-state index in [1.165, 1.54) is 0 Å². The van der Waals surface area contributed by atoms with Crippen LogP contribution in [0.25, 0.3) is 0 Å². The third kappa shape index (κ3) is 3.43. The van der Waals surface area contributed by atoms with Crippen molar-refractivity contribution < 1.29 is 9.50 Å². The number of rotatable bonds is 4. The SMILES string of the molecule is CN(CC(C)(C)O)c1ccc(C(=N)N)c(Br)c1F. The first kappa shape index (κ1) is 14.9. The van der Waals surface area contributed by atoms with E-state index in [4.69, 9.17) is 11.1 Å². The zero-order chi connectivity index (χ0) is 14.1. The standard InChI is InChI=1S/C12H17BrFN3O/c1-12(2,18)6-17(3)8-5-4-7(11(15)16)9(13)10(8)14/h4-5,18H,6H2,1-3H3,(H3,15,16). The Hall–Kier alpha value is -1.14. The van der Waals surface area contributed by atoms with E-state index in [1.54, 1.807) is 37.9 Å². The zero-order valence-electron chi connectivity index (χ0n) is 10.6. The third-order valence-electron chi connectivity index (χ3n) is 2.39. The summed E-state index contributed by atoms with van der Waals surface area (Å²) in [6.45, 7) is 3.59. The van der Waals surface area contributed by atoms with Crippen LogP contribution >= 0.6 is 15.9 Å². The topological polar surface area (TPSA) is 73.3 Å². The van der Waals surface area contributed by atoms with Crippen molar-refractivity contribution in [2.75, 3.05) is 18.5 Å². The van der Waals surface area contributed by atoms with Crippen molar-refractivity contribution >= 4 is 27.5 Å². The highest BCUT2D eigenvalue weighted by molar-refractivity contribution is 9.10. The molecule has 0 aliphatic carbocycles. The van der Waals surface area contributed by atoms with Gasteiger partial charge in [-0.25, -0.2) is 4.39 Å². The maximum absolute atomic E-state index is 14.1. The van der Waals surface area contributed by atoms with Gasteiger partial charge in [-0.1, -0.05) is 0 Å². The Balaban J connectivity index is 3.13. The molecule has 0 aromatic heterocycles. The van der Waals surface area contributed by atoms with Gasteiger partial charge >= 0.3 is 0 Å². The molecule has 0 spiro atoms. The summed E-state index contributed by atoms with van der Waals surface area (Å²) < 4.78 is 14.3. The molecule has 1 aromatic rings. The fourth-order valence-corrected chi connectivity index (χ4v) is 2.26. The molecule has 0 radical (unpaired) electrons. The van der Waals surface area contributed by atoms with Crippen LogP contribution in [-0.4, -0.2) is 30.1 Å². The number of nitrogens with two attached hydrogens (primary N) is 1. The molecule has 0 atom stereocenters. The number of halogens is 2. The maximum atomic E-state index is 14.1. The van der Waals surface area contributed by atoms with Crippen LogP contribution in [0.4, 0.5) is 10.1 Å². The molecule has 0 unspecified atom stereocenters. The molecule has 0 heterocycles. The van der Waals surface area contributed by atoms with Crippen LogP contribution in [0.5, 0.6) is 0 Å². The first-order chi connectivity index (χ1) is 8.13. The minimum Gasteiger partial charge on any atom is -0.389 e. The Morgan fingerprint density at radius 3 is 2.56 bits per heavy atom. The number of nitrogens with zero attached hydrogens (tertiary/aromatic N) is 1. The first-order valence-corrected chi connectivity index (χ1v) is 6.18. The predicted molar refractivity (Wildman–Crippen MR) is 74.7 cm³/mol. The lowest BCUT2D eigenvalue weighted by atomic mass is 10.1. The van der Waals surface area contributed by atoms with Crippen LogP contribution in [0, 0.1) is 11.2 Å². The van der Waals surface area contributed by atoms with E-state index >= 15 is 0 Å². The van der Waals surface area contributed by atoms with Gasteiger partial charge in [0.05, 0.1) is 15.8 Å². The van der Waals surface area contributed by atoms with Gasteiger partial charge in [-0.3, -0.25) is 5.41 Å². The smallest absolute Gasteiger partial charge is 0.161 e. The minimum absolute atomic E-state index is 0.162. The molecule has 0 saturated carbocycles. The van der Waals surface area contributed by atoms with E-state index in [2.05, 4.69) is 15.9 Å². The Bertz CT molecular complexity index is 471. The number of hydrogen-bond acceptors (Lipinski definition) is 3. The zero-order valence-corrected chi connectivity index (χ0v) is 12.2. The summed E-state index contributed by atoms with van der Waals surface area (Å²) in [7, 11) is 1.69. The summed E-state index contributed by atoms with van der Waals surface area (Å²) >= 11 is 3.09. The van der Waals surface area contributed by atoms with Gasteiger partial charge < -0.3 is 15.7 Å². The van der Waals surface area contributed by atoms with Crippen LogP contribution in [0.1, 0.15) is 19.4 Å². The molecular formula is C12H17BrFN3O. The van der Waals surface area contributed by atoms with Crippen LogP contribution in [0.15, 0.2) is 16.6 Å². The quantitative estimate of drug-likeness (QED) is 0.588. The third-order valence-corrected chi connectivity index (χ3v) is 3.16. The monoisotopic (exact) mass is 317 g/mol. The molecule has 0 fully saturated rings. The molecule has 0 bridgehead atoms. The summed E-state index contributed by atoms with van der Waals surface area (Å²) in [5, 5.41) is 17.0. The number of likely N-dealkylation sites (N-methyl/N-ethyl adjacent to an activating group) is 1. The van der Waals surface area contributed by atoms with Gasteiger partial charge in [0.1, 0.15) is 5.84 Å². The van der Waals surface area contributed by atoms with Crippen LogP contribution in [0.2, 0.25) is 0 Å². The van der Waals surface area contributed by atoms with Crippen LogP contribution in [-0.2, 0) is 0 Å². The highest BCUT2D eigenvalue weighted by Crippen LogP contribution is 2.29. The van der Waals surface area contributed by atoms with E-state index in [0.717, 1.165) is 0 Å². The molecule has 0 saturated heterocycles. The summed E-state index contributed by atoms with van der Waals surface area (Å²) in [5.74, 6) is -0.688. The lowest BCUT2D eigenvalue weighted by Gasteiger charge is -2.28. The molecule has 1 rings (SSSR count). The van der Waals surface area contributed by atoms with E-state index in [0.29, 0.717) is 11.3 Å². The van der Waals surface area contributed by atoms with E-state index in [-0.39, 0.29) is 16.9 Å². The molecule has 0 aliphatic heterocycles. The largest absolute Gasteiger partial charge is 0.389 e. The van der Waals surface area contributed by atoms with Gasteiger partial charge in [0.2, 0.25) is 0 Å². The van der Waals surface area contributed by atoms with E-state index in [9.17, 15) is 9.50 Å². The first-order valence-electron chi connectivity index (χ1n) is 5.39. The van der Waals surface area contributed by atoms with Crippen molar-refractivity contribution in [3.63, 3.8) is 0 Å². The van der Waals surface area contributed by atoms with Crippen molar-refractivity contribution in [1.82, 2.24) is 0 Å². The summed E-state index contributed by atoms with van der Waals surface area (Å²) in [6, 6.07) is 3.12. The summed E-state index contributed by atoms with van der Waals surface area (Å²) in [6.07, 6.45) is 0. The average molecular weight is 318 g/mol. The lowest BCUT2D eigenvalue weighted by Crippen LogP contribution is -2.36. The van der Waals surface area contributed by atoms with Gasteiger partial charge in [-0.05, 0) is 41.9 Å². The molecule has 4 N–H and O–H groups in total. The Kier molecular flexibility index (Phi) is 4.34. The maximum Gasteiger partial charge on any atom is 0.161 e. The second kappa shape index (κ2) is 5.24. The molecule has 0 aliphatic rings. The fourth-order valence-electron chi connectivity index (χ4n) is 1.71. The Morgan fingerprint density at radius 2 is 2.11 bits per heavy atom. The van der Waals surface area contributed by atoms with Gasteiger partial charge in [0.25, 0.3) is 0 Å². The minimum atomic E-state index is -0.924. The van der Waals surface area contributed by atoms with Crippen LogP contribution < -0.4 is 10.6 Å². The number of hydrogen-bond donors (Lipinski definition) is 3. The van der Waals surface area contributed by atoms with Crippen molar-refractivity contribution in [2.24, 2.45) is 5.73 Å². The van der Waals surface area contributed by atoms with Crippen molar-refractivity contribution in [3.8, 4) is 0 Å². The second-order valence-corrected chi connectivity index (χ2v) is 5.64. The fraction of sp³-hybridized carbons (Fsp3) is 0.417. The molecule has 100 valence electrons. The predicted octanol–water partition coefficient (Wildman–Crippen LogP) is 2.08. The molecule has 0 amide bonds. The number of aliphatic hydroxyl groups is 1. The van der Waals surface area contributed by atoms with Gasteiger partial charge in [-0.2, -0.15) is 0 Å². The van der Waals surface area contributed by atoms with E-state index < -0.39 is 11.4 Å². The Morgan fingerprint density at radius 1 is 1.56 bits per heavy atom. The lowest BCUT2D eigenvalue weighted by molar-refractivity contribution is 0.0885. The van der Waals surface area contributed by atoms with Gasteiger partial charge in [0.15, 0.2) is 5.82 Å². The van der Waals surface area contributed by atoms with Crippen LogP contribution in [0.3, 0.4) is 0 Å².